The molecule has 106 valence electrons. The molecule has 0 saturated carbocycles. The SMILES string of the molecule is COCCS(=O)(=O)NC1CCCc2cc(N)ccc21. The molecule has 0 amide bonds. The second-order valence-electron chi connectivity index (χ2n) is 4.83. The van der Waals surface area contributed by atoms with Crippen LogP contribution in [0.15, 0.2) is 18.2 Å². The average Bonchev–Trinajstić information content (AvgIpc) is 2.36. The van der Waals surface area contributed by atoms with Gasteiger partial charge in [-0.2, -0.15) is 0 Å². The second kappa shape index (κ2) is 5.90. The maximum Gasteiger partial charge on any atom is 0.214 e. The van der Waals surface area contributed by atoms with E-state index < -0.39 is 10.0 Å². The van der Waals surface area contributed by atoms with Gasteiger partial charge in [0.1, 0.15) is 0 Å². The van der Waals surface area contributed by atoms with E-state index in [1.807, 2.05) is 18.2 Å². The van der Waals surface area contributed by atoms with E-state index in [1.165, 1.54) is 7.11 Å². The summed E-state index contributed by atoms with van der Waals surface area (Å²) in [4.78, 5) is 0. The standard InChI is InChI=1S/C13H20N2O3S/c1-18-7-8-19(16,17)15-13-4-2-3-10-9-11(14)5-6-12(10)13/h5-6,9,13,15H,2-4,7-8,14H2,1H3. The molecule has 0 fully saturated rings. The van der Waals surface area contributed by atoms with Crippen molar-refractivity contribution >= 4 is 15.7 Å². The predicted octanol–water partition coefficient (Wildman–Crippen LogP) is 1.21. The number of aryl methyl sites for hydroxylation is 1. The summed E-state index contributed by atoms with van der Waals surface area (Å²) in [6, 6.07) is 5.53. The Labute approximate surface area is 114 Å². The molecule has 2 rings (SSSR count). The quantitative estimate of drug-likeness (QED) is 0.796. The van der Waals surface area contributed by atoms with Crippen LogP contribution in [0, 0.1) is 0 Å². The molecule has 1 atom stereocenters. The Hall–Kier alpha value is -1.11. The number of fused-ring (bicyclic) bond motifs is 1. The van der Waals surface area contributed by atoms with Gasteiger partial charge in [-0.05, 0) is 42.5 Å². The van der Waals surface area contributed by atoms with E-state index in [4.69, 9.17) is 10.5 Å². The number of sulfonamides is 1. The number of rotatable bonds is 5. The lowest BCUT2D eigenvalue weighted by molar-refractivity contribution is 0.216. The first-order valence-electron chi connectivity index (χ1n) is 6.39. The van der Waals surface area contributed by atoms with Gasteiger partial charge >= 0.3 is 0 Å². The van der Waals surface area contributed by atoms with E-state index in [-0.39, 0.29) is 18.4 Å². The summed E-state index contributed by atoms with van der Waals surface area (Å²) < 4.78 is 31.4. The van der Waals surface area contributed by atoms with Crippen molar-refractivity contribution in [3.63, 3.8) is 0 Å². The van der Waals surface area contributed by atoms with Crippen molar-refractivity contribution in [3.05, 3.63) is 29.3 Å². The minimum Gasteiger partial charge on any atom is -0.399 e. The molecule has 0 saturated heterocycles. The largest absolute Gasteiger partial charge is 0.399 e. The monoisotopic (exact) mass is 284 g/mol. The van der Waals surface area contributed by atoms with Crippen molar-refractivity contribution in [3.8, 4) is 0 Å². The Morgan fingerprint density at radius 3 is 3.00 bits per heavy atom. The van der Waals surface area contributed by atoms with Gasteiger partial charge in [-0.25, -0.2) is 13.1 Å². The Morgan fingerprint density at radius 1 is 1.47 bits per heavy atom. The molecule has 0 bridgehead atoms. The second-order valence-corrected chi connectivity index (χ2v) is 6.71. The molecule has 0 aromatic heterocycles. The molecular weight excluding hydrogens is 264 g/mol. The molecule has 5 nitrogen and oxygen atoms in total. The zero-order valence-corrected chi connectivity index (χ0v) is 11.9. The van der Waals surface area contributed by atoms with Gasteiger partial charge in [0.2, 0.25) is 10.0 Å². The van der Waals surface area contributed by atoms with Gasteiger partial charge in [-0.1, -0.05) is 6.07 Å². The van der Waals surface area contributed by atoms with Gasteiger partial charge in [0.05, 0.1) is 12.4 Å². The predicted molar refractivity (Wildman–Crippen MR) is 75.3 cm³/mol. The summed E-state index contributed by atoms with van der Waals surface area (Å²) in [7, 11) is -1.81. The molecule has 0 spiro atoms. The molecule has 1 aliphatic rings. The fraction of sp³-hybridized carbons (Fsp3) is 0.538. The van der Waals surface area contributed by atoms with Crippen molar-refractivity contribution in [1.82, 2.24) is 4.72 Å². The molecule has 1 aliphatic carbocycles. The highest BCUT2D eigenvalue weighted by molar-refractivity contribution is 7.89. The number of ether oxygens (including phenoxy) is 1. The van der Waals surface area contributed by atoms with Crippen LogP contribution >= 0.6 is 0 Å². The number of nitrogen functional groups attached to an aromatic ring is 1. The van der Waals surface area contributed by atoms with Crippen molar-refractivity contribution in [2.75, 3.05) is 25.2 Å². The molecule has 3 N–H and O–H groups in total. The zero-order valence-electron chi connectivity index (χ0n) is 11.1. The van der Waals surface area contributed by atoms with Crippen molar-refractivity contribution in [1.29, 1.82) is 0 Å². The van der Waals surface area contributed by atoms with Crippen LogP contribution in [0.3, 0.4) is 0 Å². The molecule has 1 unspecified atom stereocenters. The molecular formula is C13H20N2O3S. The minimum atomic E-state index is -3.30. The Bertz CT molecular complexity index is 543. The highest BCUT2D eigenvalue weighted by atomic mass is 32.2. The van der Waals surface area contributed by atoms with Crippen LogP contribution < -0.4 is 10.5 Å². The highest BCUT2D eigenvalue weighted by Gasteiger charge is 2.24. The van der Waals surface area contributed by atoms with E-state index in [1.54, 1.807) is 0 Å². The Kier molecular flexibility index (Phi) is 4.44. The normalized spacial score (nSPS) is 19.1. The fourth-order valence-corrected chi connectivity index (χ4v) is 3.61. The van der Waals surface area contributed by atoms with Gasteiger partial charge in [-0.15, -0.1) is 0 Å². The van der Waals surface area contributed by atoms with Gasteiger partial charge < -0.3 is 10.5 Å². The van der Waals surface area contributed by atoms with Crippen molar-refractivity contribution in [2.45, 2.75) is 25.3 Å². The van der Waals surface area contributed by atoms with Crippen LogP contribution in [-0.4, -0.2) is 27.9 Å². The van der Waals surface area contributed by atoms with E-state index in [0.717, 1.165) is 36.1 Å². The van der Waals surface area contributed by atoms with Gasteiger partial charge in [0.15, 0.2) is 0 Å². The lowest BCUT2D eigenvalue weighted by atomic mass is 9.88. The van der Waals surface area contributed by atoms with Gasteiger partial charge in [-0.3, -0.25) is 0 Å². The number of anilines is 1. The number of nitrogens with two attached hydrogens (primary N) is 1. The molecule has 1 aromatic rings. The lowest BCUT2D eigenvalue weighted by Gasteiger charge is -2.26. The first-order valence-corrected chi connectivity index (χ1v) is 8.04. The summed E-state index contributed by atoms with van der Waals surface area (Å²) in [5, 5.41) is 0. The number of hydrogen-bond acceptors (Lipinski definition) is 4. The van der Waals surface area contributed by atoms with Crippen LogP contribution in [0.4, 0.5) is 5.69 Å². The number of methoxy groups -OCH3 is 1. The first-order chi connectivity index (χ1) is 9.02. The average molecular weight is 284 g/mol. The maximum atomic E-state index is 11.9. The minimum absolute atomic E-state index is 0.00962. The fourth-order valence-electron chi connectivity index (χ4n) is 2.43. The lowest BCUT2D eigenvalue weighted by Crippen LogP contribution is -2.33. The molecule has 1 aromatic carbocycles. The Balaban J connectivity index is 2.16. The summed E-state index contributed by atoms with van der Waals surface area (Å²) in [5.41, 5.74) is 8.68. The number of benzene rings is 1. The third-order valence-electron chi connectivity index (χ3n) is 3.36. The Morgan fingerprint density at radius 2 is 2.26 bits per heavy atom. The molecule has 19 heavy (non-hydrogen) atoms. The summed E-state index contributed by atoms with van der Waals surface area (Å²) >= 11 is 0. The highest BCUT2D eigenvalue weighted by Crippen LogP contribution is 2.31. The summed E-state index contributed by atoms with van der Waals surface area (Å²) in [5.74, 6) is -0.00962. The van der Waals surface area contributed by atoms with Crippen LogP contribution in [0.5, 0.6) is 0 Å². The summed E-state index contributed by atoms with van der Waals surface area (Å²) in [6.07, 6.45) is 2.74. The molecule has 0 radical (unpaired) electrons. The smallest absolute Gasteiger partial charge is 0.214 e. The third-order valence-corrected chi connectivity index (χ3v) is 4.71. The maximum absolute atomic E-state index is 11.9. The van der Waals surface area contributed by atoms with E-state index >= 15 is 0 Å². The zero-order chi connectivity index (χ0) is 13.9. The molecule has 0 heterocycles. The first kappa shape index (κ1) is 14.3. The van der Waals surface area contributed by atoms with Gasteiger partial charge in [0.25, 0.3) is 0 Å². The van der Waals surface area contributed by atoms with Crippen molar-refractivity contribution in [2.24, 2.45) is 0 Å². The van der Waals surface area contributed by atoms with E-state index in [0.29, 0.717) is 0 Å². The van der Waals surface area contributed by atoms with Crippen molar-refractivity contribution < 1.29 is 13.2 Å². The van der Waals surface area contributed by atoms with E-state index in [9.17, 15) is 8.42 Å². The summed E-state index contributed by atoms with van der Waals surface area (Å²) in [6.45, 7) is 0.205. The van der Waals surface area contributed by atoms with E-state index in [2.05, 4.69) is 4.72 Å². The van der Waals surface area contributed by atoms with Crippen LogP contribution in [-0.2, 0) is 21.2 Å². The third kappa shape index (κ3) is 3.68. The van der Waals surface area contributed by atoms with Crippen LogP contribution in [0.2, 0.25) is 0 Å². The van der Waals surface area contributed by atoms with Crippen LogP contribution in [0.1, 0.15) is 30.0 Å². The molecule has 0 aliphatic heterocycles. The topological polar surface area (TPSA) is 81.4 Å². The molecule has 6 heteroatoms. The number of nitrogens with one attached hydrogen (secondary N) is 1. The van der Waals surface area contributed by atoms with Crippen LogP contribution in [0.25, 0.3) is 0 Å². The number of hydrogen-bond donors (Lipinski definition) is 2. The van der Waals surface area contributed by atoms with Gasteiger partial charge in [0, 0.05) is 18.8 Å².